The average molecular weight is 218 g/mol. The summed E-state index contributed by atoms with van der Waals surface area (Å²) in [6, 6.07) is 0. The van der Waals surface area contributed by atoms with Crippen LogP contribution in [-0.4, -0.2) is 31.8 Å². The smallest absolute Gasteiger partial charge is 0.154 e. The van der Waals surface area contributed by atoms with Crippen LogP contribution < -0.4 is 5.73 Å². The summed E-state index contributed by atoms with van der Waals surface area (Å²) in [4.78, 5) is 4.11. The fraction of sp³-hybridized carbons (Fsp3) is 0.889. The summed E-state index contributed by atoms with van der Waals surface area (Å²) in [5.74, 6) is 0.899. The third kappa shape index (κ3) is 2.97. The van der Waals surface area contributed by atoms with Gasteiger partial charge in [0.25, 0.3) is 0 Å². The molecule has 0 aromatic carbocycles. The number of nitrogens with zero attached hydrogens (tertiary/aromatic N) is 1. The highest BCUT2D eigenvalue weighted by atomic mass is 32.2. The van der Waals surface area contributed by atoms with E-state index in [0.717, 1.165) is 25.7 Å². The Kier molecular flexibility index (Phi) is 3.92. The maximum atomic E-state index is 11.4. The van der Waals surface area contributed by atoms with Crippen LogP contribution in [0, 0.1) is 0 Å². The van der Waals surface area contributed by atoms with Gasteiger partial charge in [-0.1, -0.05) is 6.92 Å². The molecule has 0 saturated carbocycles. The predicted octanol–water partition coefficient (Wildman–Crippen LogP) is 0.721. The summed E-state index contributed by atoms with van der Waals surface area (Å²) in [6.45, 7) is 2.38. The van der Waals surface area contributed by atoms with E-state index in [1.54, 1.807) is 0 Å². The van der Waals surface area contributed by atoms with Crippen molar-refractivity contribution in [3.63, 3.8) is 0 Å². The van der Waals surface area contributed by atoms with Crippen LogP contribution in [0.3, 0.4) is 0 Å². The molecule has 1 fully saturated rings. The highest BCUT2D eigenvalue weighted by molar-refractivity contribution is 7.92. The van der Waals surface area contributed by atoms with E-state index in [1.807, 2.05) is 6.92 Å². The molecular formula is C9H18N2O2S. The van der Waals surface area contributed by atoms with E-state index in [2.05, 4.69) is 4.99 Å². The summed E-state index contributed by atoms with van der Waals surface area (Å²) in [6.07, 6.45) is 3.22. The Morgan fingerprint density at radius 3 is 2.79 bits per heavy atom. The number of aliphatic imine (C=N–C) groups is 1. The van der Waals surface area contributed by atoms with Crippen LogP contribution in [0.15, 0.2) is 4.99 Å². The second-order valence-electron chi connectivity index (χ2n) is 3.71. The summed E-state index contributed by atoms with van der Waals surface area (Å²) >= 11 is 0. The van der Waals surface area contributed by atoms with Crippen LogP contribution in [0.25, 0.3) is 0 Å². The van der Waals surface area contributed by atoms with Gasteiger partial charge in [-0.3, -0.25) is 4.99 Å². The molecule has 14 heavy (non-hydrogen) atoms. The van der Waals surface area contributed by atoms with Crippen molar-refractivity contribution in [2.45, 2.75) is 37.9 Å². The fourth-order valence-corrected chi connectivity index (χ4v) is 3.35. The number of sulfone groups is 1. The molecule has 1 aliphatic heterocycles. The largest absolute Gasteiger partial charge is 0.387 e. The predicted molar refractivity (Wildman–Crippen MR) is 58.2 cm³/mol. The Bertz CT molecular complexity index is 309. The maximum Gasteiger partial charge on any atom is 0.154 e. The van der Waals surface area contributed by atoms with E-state index in [9.17, 15) is 8.42 Å². The lowest BCUT2D eigenvalue weighted by molar-refractivity contribution is 0.590. The number of nitrogens with two attached hydrogens (primary N) is 1. The minimum Gasteiger partial charge on any atom is -0.387 e. The van der Waals surface area contributed by atoms with Gasteiger partial charge in [0.15, 0.2) is 9.84 Å². The van der Waals surface area contributed by atoms with E-state index in [0.29, 0.717) is 18.1 Å². The molecule has 1 unspecified atom stereocenters. The van der Waals surface area contributed by atoms with E-state index in [1.165, 1.54) is 0 Å². The summed E-state index contributed by atoms with van der Waals surface area (Å²) in [7, 11) is -2.86. The van der Waals surface area contributed by atoms with Gasteiger partial charge >= 0.3 is 0 Å². The summed E-state index contributed by atoms with van der Waals surface area (Å²) in [5, 5.41) is -0.280. The summed E-state index contributed by atoms with van der Waals surface area (Å²) < 4.78 is 22.8. The topological polar surface area (TPSA) is 72.5 Å². The quantitative estimate of drug-likeness (QED) is 0.558. The molecule has 1 heterocycles. The molecule has 5 heteroatoms. The van der Waals surface area contributed by atoms with Crippen molar-refractivity contribution in [3.05, 3.63) is 0 Å². The van der Waals surface area contributed by atoms with Gasteiger partial charge < -0.3 is 5.73 Å². The second kappa shape index (κ2) is 4.77. The van der Waals surface area contributed by atoms with Crippen molar-refractivity contribution in [1.82, 2.24) is 0 Å². The average Bonchev–Trinajstić information content (AvgIpc) is 2.42. The molecular weight excluding hydrogens is 200 g/mol. The van der Waals surface area contributed by atoms with Crippen LogP contribution >= 0.6 is 0 Å². The van der Waals surface area contributed by atoms with Gasteiger partial charge in [0.2, 0.25) is 0 Å². The van der Waals surface area contributed by atoms with Gasteiger partial charge in [-0.05, 0) is 19.3 Å². The SMILES string of the molecule is CCCC(N)=NCC1CCCS1(=O)=O. The van der Waals surface area contributed by atoms with Crippen molar-refractivity contribution in [1.29, 1.82) is 0 Å². The molecule has 1 saturated heterocycles. The molecule has 82 valence electrons. The van der Waals surface area contributed by atoms with E-state index < -0.39 is 9.84 Å². The first kappa shape index (κ1) is 11.5. The Balaban J connectivity index is 2.49. The minimum atomic E-state index is -2.86. The molecule has 0 spiro atoms. The number of hydrogen-bond donors (Lipinski definition) is 1. The first-order valence-electron chi connectivity index (χ1n) is 5.06. The molecule has 1 rings (SSSR count). The molecule has 1 atom stereocenters. The molecule has 2 N–H and O–H groups in total. The Morgan fingerprint density at radius 1 is 1.57 bits per heavy atom. The number of hydrogen-bond acceptors (Lipinski definition) is 3. The van der Waals surface area contributed by atoms with Gasteiger partial charge in [0.05, 0.1) is 23.4 Å². The zero-order valence-corrected chi connectivity index (χ0v) is 9.39. The standard InChI is InChI=1S/C9H18N2O2S/c1-2-4-9(10)11-7-8-5-3-6-14(8,12)13/h8H,2-7H2,1H3,(H2,10,11). The van der Waals surface area contributed by atoms with Crippen molar-refractivity contribution < 1.29 is 8.42 Å². The van der Waals surface area contributed by atoms with Crippen molar-refractivity contribution >= 4 is 15.7 Å². The van der Waals surface area contributed by atoms with Crippen molar-refractivity contribution in [2.75, 3.05) is 12.3 Å². The van der Waals surface area contributed by atoms with E-state index >= 15 is 0 Å². The molecule has 0 aromatic rings. The monoisotopic (exact) mass is 218 g/mol. The lowest BCUT2D eigenvalue weighted by Gasteiger charge is -2.05. The number of rotatable bonds is 4. The van der Waals surface area contributed by atoms with Crippen LogP contribution in [0.4, 0.5) is 0 Å². The molecule has 4 nitrogen and oxygen atoms in total. The summed E-state index contributed by atoms with van der Waals surface area (Å²) in [5.41, 5.74) is 5.61. The third-order valence-corrected chi connectivity index (χ3v) is 4.73. The molecule has 0 aliphatic carbocycles. The van der Waals surface area contributed by atoms with Gasteiger partial charge in [-0.25, -0.2) is 8.42 Å². The van der Waals surface area contributed by atoms with Gasteiger partial charge in [-0.15, -0.1) is 0 Å². The Hall–Kier alpha value is -0.580. The molecule has 0 amide bonds. The van der Waals surface area contributed by atoms with Crippen LogP contribution in [0.1, 0.15) is 32.6 Å². The van der Waals surface area contributed by atoms with Crippen LogP contribution in [0.5, 0.6) is 0 Å². The Morgan fingerprint density at radius 2 is 2.29 bits per heavy atom. The highest BCUT2D eigenvalue weighted by Crippen LogP contribution is 2.19. The number of amidine groups is 1. The third-order valence-electron chi connectivity index (χ3n) is 2.47. The molecule has 0 bridgehead atoms. The normalized spacial score (nSPS) is 26.6. The molecule has 0 radical (unpaired) electrons. The van der Waals surface area contributed by atoms with Crippen molar-refractivity contribution in [3.8, 4) is 0 Å². The van der Waals surface area contributed by atoms with Gasteiger partial charge in [0.1, 0.15) is 0 Å². The van der Waals surface area contributed by atoms with Gasteiger partial charge in [-0.2, -0.15) is 0 Å². The van der Waals surface area contributed by atoms with E-state index in [-0.39, 0.29) is 5.25 Å². The Labute approximate surface area is 85.5 Å². The fourth-order valence-electron chi connectivity index (χ4n) is 1.62. The lowest BCUT2D eigenvalue weighted by Crippen LogP contribution is -2.21. The van der Waals surface area contributed by atoms with Crippen molar-refractivity contribution in [2.24, 2.45) is 10.7 Å². The maximum absolute atomic E-state index is 11.4. The zero-order valence-electron chi connectivity index (χ0n) is 8.57. The second-order valence-corrected chi connectivity index (χ2v) is 6.11. The van der Waals surface area contributed by atoms with Crippen LogP contribution in [0.2, 0.25) is 0 Å². The zero-order chi connectivity index (χ0) is 10.6. The molecule has 1 aliphatic rings. The first-order valence-corrected chi connectivity index (χ1v) is 6.78. The van der Waals surface area contributed by atoms with Crippen LogP contribution in [-0.2, 0) is 9.84 Å². The molecule has 0 aromatic heterocycles. The van der Waals surface area contributed by atoms with E-state index in [4.69, 9.17) is 5.73 Å². The van der Waals surface area contributed by atoms with Gasteiger partial charge in [0, 0.05) is 6.42 Å². The minimum absolute atomic E-state index is 0.280. The highest BCUT2D eigenvalue weighted by Gasteiger charge is 2.30. The lowest BCUT2D eigenvalue weighted by atomic mass is 10.2. The first-order chi connectivity index (χ1) is 6.56.